The normalized spacial score (nSPS) is 10.1. The maximum atomic E-state index is 11.6. The summed E-state index contributed by atoms with van der Waals surface area (Å²) in [5.41, 5.74) is 8.04. The number of rotatable bonds is 4. The molecule has 0 radical (unpaired) electrons. The summed E-state index contributed by atoms with van der Waals surface area (Å²) >= 11 is 6.57. The van der Waals surface area contributed by atoms with Gasteiger partial charge >= 0.3 is 0 Å². The number of carbonyl (C=O) groups excluding carboxylic acids is 1. The van der Waals surface area contributed by atoms with Crippen LogP contribution in [0, 0.1) is 0 Å². The van der Waals surface area contributed by atoms with Gasteiger partial charge in [-0.1, -0.05) is 44.0 Å². The molecule has 1 aromatic carbocycles. The molecule has 0 saturated heterocycles. The molecule has 0 atom stereocenters. The third kappa shape index (κ3) is 2.58. The topological polar surface area (TPSA) is 43.1 Å². The van der Waals surface area contributed by atoms with Gasteiger partial charge in [-0.2, -0.15) is 0 Å². The van der Waals surface area contributed by atoms with Crippen molar-refractivity contribution in [1.29, 1.82) is 0 Å². The molecule has 14 heavy (non-hydrogen) atoms. The van der Waals surface area contributed by atoms with Crippen molar-refractivity contribution in [2.45, 2.75) is 11.8 Å². The van der Waals surface area contributed by atoms with Gasteiger partial charge in [0.15, 0.2) is 5.78 Å². The molecule has 2 N–H and O–H groups in total. The van der Waals surface area contributed by atoms with Crippen LogP contribution in [0.1, 0.15) is 22.3 Å². The van der Waals surface area contributed by atoms with Crippen LogP contribution in [0.5, 0.6) is 0 Å². The van der Waals surface area contributed by atoms with Crippen molar-refractivity contribution in [1.82, 2.24) is 0 Å². The third-order valence-electron chi connectivity index (χ3n) is 1.96. The number of hydrogen-bond acceptors (Lipinski definition) is 2. The van der Waals surface area contributed by atoms with Crippen LogP contribution in [0.3, 0.4) is 0 Å². The molecule has 0 aliphatic carbocycles. The number of anilines is 1. The predicted molar refractivity (Wildman–Crippen MR) is 66.2 cm³/mol. The molecule has 0 aliphatic heterocycles. The van der Waals surface area contributed by atoms with Gasteiger partial charge in [0, 0.05) is 28.3 Å². The lowest BCUT2D eigenvalue weighted by atomic mass is 10.0. The first-order chi connectivity index (χ1) is 6.70. The Labute approximate surface area is 100 Å². The first kappa shape index (κ1) is 11.7. The number of para-hydroxylation sites is 1. The molecule has 0 heterocycles. The number of ketones is 1. The minimum absolute atomic E-state index is 0.0853. The fourth-order valence-corrected chi connectivity index (χ4v) is 2.04. The van der Waals surface area contributed by atoms with Gasteiger partial charge in [-0.3, -0.25) is 4.79 Å². The van der Waals surface area contributed by atoms with Gasteiger partial charge in [-0.25, -0.2) is 0 Å². The van der Waals surface area contributed by atoms with Crippen LogP contribution < -0.4 is 5.73 Å². The molecule has 0 amide bonds. The van der Waals surface area contributed by atoms with Crippen LogP contribution >= 0.6 is 31.9 Å². The summed E-state index contributed by atoms with van der Waals surface area (Å²) in [6.07, 6.45) is 0.482. The number of alkyl halides is 2. The van der Waals surface area contributed by atoms with Crippen LogP contribution in [0.4, 0.5) is 5.69 Å². The Morgan fingerprint density at radius 3 is 2.64 bits per heavy atom. The van der Waals surface area contributed by atoms with Crippen molar-refractivity contribution >= 4 is 43.3 Å². The standard InChI is InChI=1S/C10H11Br2NO/c11-5-4-9(14)8-3-1-2-7(6-12)10(8)13/h1-3H,4-6,13H2. The lowest BCUT2D eigenvalue weighted by Gasteiger charge is -2.07. The highest BCUT2D eigenvalue weighted by Gasteiger charge is 2.10. The molecule has 0 saturated carbocycles. The van der Waals surface area contributed by atoms with E-state index in [1.165, 1.54) is 0 Å². The van der Waals surface area contributed by atoms with Crippen molar-refractivity contribution < 1.29 is 4.79 Å². The van der Waals surface area contributed by atoms with E-state index in [2.05, 4.69) is 31.9 Å². The number of nitrogens with two attached hydrogens (primary N) is 1. The minimum atomic E-state index is 0.0853. The molecule has 0 unspecified atom stereocenters. The smallest absolute Gasteiger partial charge is 0.165 e. The molecule has 0 fully saturated rings. The Morgan fingerprint density at radius 1 is 1.36 bits per heavy atom. The van der Waals surface area contributed by atoms with E-state index in [9.17, 15) is 4.79 Å². The van der Waals surface area contributed by atoms with Crippen molar-refractivity contribution in [2.24, 2.45) is 0 Å². The molecule has 1 aromatic rings. The fourth-order valence-electron chi connectivity index (χ4n) is 1.19. The summed E-state index contributed by atoms with van der Waals surface area (Å²) in [6.45, 7) is 0. The number of nitrogen functional groups attached to an aromatic ring is 1. The SMILES string of the molecule is Nc1c(CBr)cccc1C(=O)CCBr. The van der Waals surface area contributed by atoms with Crippen molar-refractivity contribution in [3.05, 3.63) is 29.3 Å². The molecule has 0 aromatic heterocycles. The Hall–Kier alpha value is -0.350. The molecular weight excluding hydrogens is 310 g/mol. The van der Waals surface area contributed by atoms with Crippen molar-refractivity contribution in [3.63, 3.8) is 0 Å². The van der Waals surface area contributed by atoms with Gasteiger partial charge in [0.25, 0.3) is 0 Å². The fraction of sp³-hybridized carbons (Fsp3) is 0.300. The van der Waals surface area contributed by atoms with E-state index in [1.807, 2.05) is 12.1 Å². The zero-order valence-electron chi connectivity index (χ0n) is 7.59. The van der Waals surface area contributed by atoms with E-state index in [1.54, 1.807) is 6.07 Å². The summed E-state index contributed by atoms with van der Waals surface area (Å²) < 4.78 is 0. The Morgan fingerprint density at radius 2 is 2.07 bits per heavy atom. The van der Waals surface area contributed by atoms with Crippen molar-refractivity contribution in [2.75, 3.05) is 11.1 Å². The number of benzene rings is 1. The lowest BCUT2D eigenvalue weighted by molar-refractivity contribution is 0.0990. The summed E-state index contributed by atoms with van der Waals surface area (Å²) in [7, 11) is 0. The van der Waals surface area contributed by atoms with Gasteiger partial charge < -0.3 is 5.73 Å². The molecular formula is C10H11Br2NO. The van der Waals surface area contributed by atoms with Gasteiger partial charge in [-0.05, 0) is 11.6 Å². The van der Waals surface area contributed by atoms with Crippen LogP contribution in [0.2, 0.25) is 0 Å². The first-order valence-electron chi connectivity index (χ1n) is 4.23. The maximum Gasteiger partial charge on any atom is 0.165 e. The van der Waals surface area contributed by atoms with Crippen LogP contribution in [-0.2, 0) is 5.33 Å². The minimum Gasteiger partial charge on any atom is -0.398 e. The van der Waals surface area contributed by atoms with E-state index in [0.29, 0.717) is 28.3 Å². The zero-order valence-corrected chi connectivity index (χ0v) is 10.8. The van der Waals surface area contributed by atoms with E-state index >= 15 is 0 Å². The molecule has 0 spiro atoms. The van der Waals surface area contributed by atoms with Gasteiger partial charge in [0.05, 0.1) is 0 Å². The van der Waals surface area contributed by atoms with E-state index in [4.69, 9.17) is 5.73 Å². The second-order valence-corrected chi connectivity index (χ2v) is 4.23. The molecule has 1 rings (SSSR count). The Bertz CT molecular complexity index is 339. The Balaban J connectivity index is 3.03. The molecule has 76 valence electrons. The molecule has 0 bridgehead atoms. The van der Waals surface area contributed by atoms with Crippen molar-refractivity contribution in [3.8, 4) is 0 Å². The first-order valence-corrected chi connectivity index (χ1v) is 6.47. The summed E-state index contributed by atoms with van der Waals surface area (Å²) in [5, 5.41) is 1.35. The zero-order chi connectivity index (χ0) is 10.6. The number of halogens is 2. The second-order valence-electron chi connectivity index (χ2n) is 2.87. The summed E-state index contributed by atoms with van der Waals surface area (Å²) in [5.74, 6) is 0.0853. The number of hydrogen-bond donors (Lipinski definition) is 1. The van der Waals surface area contributed by atoms with E-state index < -0.39 is 0 Å². The summed E-state index contributed by atoms with van der Waals surface area (Å²) in [4.78, 5) is 11.6. The second kappa shape index (κ2) is 5.51. The number of Topliss-reactive ketones (excluding diaryl/α,β-unsaturated/α-hetero) is 1. The van der Waals surface area contributed by atoms with Crippen LogP contribution in [-0.4, -0.2) is 11.1 Å². The highest BCUT2D eigenvalue weighted by molar-refractivity contribution is 9.09. The highest BCUT2D eigenvalue weighted by Crippen LogP contribution is 2.21. The largest absolute Gasteiger partial charge is 0.398 e. The maximum absolute atomic E-state index is 11.6. The van der Waals surface area contributed by atoms with Crippen LogP contribution in [0.25, 0.3) is 0 Å². The average molecular weight is 321 g/mol. The Kier molecular flexibility index (Phi) is 4.62. The number of carbonyl (C=O) groups is 1. The van der Waals surface area contributed by atoms with Gasteiger partial charge in [0.1, 0.15) is 0 Å². The predicted octanol–water partition coefficient (Wildman–Crippen LogP) is 3.13. The highest BCUT2D eigenvalue weighted by atomic mass is 79.9. The third-order valence-corrected chi connectivity index (χ3v) is 2.96. The van der Waals surface area contributed by atoms with E-state index in [-0.39, 0.29) is 5.78 Å². The van der Waals surface area contributed by atoms with Crippen LogP contribution in [0.15, 0.2) is 18.2 Å². The monoisotopic (exact) mass is 319 g/mol. The van der Waals surface area contributed by atoms with E-state index in [0.717, 1.165) is 5.56 Å². The molecule has 2 nitrogen and oxygen atoms in total. The average Bonchev–Trinajstić information content (AvgIpc) is 2.18. The van der Waals surface area contributed by atoms with Gasteiger partial charge in [-0.15, -0.1) is 0 Å². The quantitative estimate of drug-likeness (QED) is 0.526. The summed E-state index contributed by atoms with van der Waals surface area (Å²) in [6, 6.07) is 5.54. The lowest BCUT2D eigenvalue weighted by Crippen LogP contribution is -2.06. The molecule has 4 heteroatoms. The molecule has 0 aliphatic rings. The van der Waals surface area contributed by atoms with Gasteiger partial charge in [0.2, 0.25) is 0 Å².